The van der Waals surface area contributed by atoms with Gasteiger partial charge in [-0.15, -0.1) is 0 Å². The minimum absolute atomic E-state index is 0.0170. The molecule has 0 unspecified atom stereocenters. The number of carbonyl (C=O) groups is 1. The Bertz CT molecular complexity index is 422. The molecule has 0 atom stereocenters. The van der Waals surface area contributed by atoms with Crippen molar-refractivity contribution in [1.82, 2.24) is 10.6 Å². The maximum absolute atomic E-state index is 13.4. The molecule has 106 valence electrons. The molecule has 0 aliphatic heterocycles. The van der Waals surface area contributed by atoms with Crippen molar-refractivity contribution in [3.8, 4) is 5.75 Å². The maximum Gasteiger partial charge on any atom is 0.221 e. The van der Waals surface area contributed by atoms with E-state index in [2.05, 4.69) is 10.6 Å². The molecule has 0 spiro atoms. The van der Waals surface area contributed by atoms with Crippen LogP contribution in [0.3, 0.4) is 0 Å². The van der Waals surface area contributed by atoms with Crippen LogP contribution in [0.1, 0.15) is 25.8 Å². The zero-order valence-electron chi connectivity index (χ0n) is 11.6. The average molecular weight is 268 g/mol. The number of ether oxygens (including phenoxy) is 1. The lowest BCUT2D eigenvalue weighted by molar-refractivity contribution is -0.121. The van der Waals surface area contributed by atoms with Crippen LogP contribution in [-0.4, -0.2) is 25.6 Å². The van der Waals surface area contributed by atoms with E-state index in [4.69, 9.17) is 4.74 Å². The summed E-state index contributed by atoms with van der Waals surface area (Å²) in [6.45, 7) is 4.93. The van der Waals surface area contributed by atoms with Crippen LogP contribution in [-0.2, 0) is 11.3 Å². The fourth-order valence-electron chi connectivity index (χ4n) is 1.65. The number of hydrogen-bond donors (Lipinski definition) is 2. The molecular weight excluding hydrogens is 247 g/mol. The molecule has 5 heteroatoms. The lowest BCUT2D eigenvalue weighted by atomic mass is 10.2. The van der Waals surface area contributed by atoms with Crippen LogP contribution in [0.15, 0.2) is 18.2 Å². The van der Waals surface area contributed by atoms with Crippen molar-refractivity contribution < 1.29 is 13.9 Å². The molecule has 0 saturated heterocycles. The topological polar surface area (TPSA) is 50.4 Å². The fraction of sp³-hybridized carbons (Fsp3) is 0.500. The van der Waals surface area contributed by atoms with Gasteiger partial charge in [0.2, 0.25) is 5.91 Å². The third kappa shape index (κ3) is 5.70. The fourth-order valence-corrected chi connectivity index (χ4v) is 1.65. The third-order valence-electron chi connectivity index (χ3n) is 2.52. The Balaban J connectivity index is 2.30. The Morgan fingerprint density at radius 3 is 2.74 bits per heavy atom. The summed E-state index contributed by atoms with van der Waals surface area (Å²) in [6.07, 6.45) is 0.414. The third-order valence-corrected chi connectivity index (χ3v) is 2.52. The van der Waals surface area contributed by atoms with Gasteiger partial charge in [0.25, 0.3) is 0 Å². The molecular formula is C14H21FN2O2. The van der Waals surface area contributed by atoms with E-state index in [1.807, 2.05) is 13.8 Å². The Hall–Kier alpha value is -1.62. The van der Waals surface area contributed by atoms with E-state index in [0.29, 0.717) is 19.5 Å². The van der Waals surface area contributed by atoms with Crippen molar-refractivity contribution >= 4 is 5.91 Å². The summed E-state index contributed by atoms with van der Waals surface area (Å²) in [6, 6.07) is 4.98. The molecule has 2 N–H and O–H groups in total. The predicted octanol–water partition coefficient (Wildman–Crippen LogP) is 1.84. The van der Waals surface area contributed by atoms with Gasteiger partial charge in [-0.25, -0.2) is 4.39 Å². The Labute approximate surface area is 113 Å². The highest BCUT2D eigenvalue weighted by atomic mass is 19.1. The van der Waals surface area contributed by atoms with Crippen LogP contribution < -0.4 is 15.4 Å². The largest absolute Gasteiger partial charge is 0.494 e. The first-order chi connectivity index (χ1) is 9.02. The van der Waals surface area contributed by atoms with Gasteiger partial charge >= 0.3 is 0 Å². The molecule has 0 heterocycles. The molecule has 1 rings (SSSR count). The second-order valence-electron chi connectivity index (χ2n) is 4.62. The lowest BCUT2D eigenvalue weighted by Gasteiger charge is -2.09. The van der Waals surface area contributed by atoms with E-state index >= 15 is 0 Å². The molecule has 1 aromatic rings. The van der Waals surface area contributed by atoms with Gasteiger partial charge in [-0.2, -0.15) is 0 Å². The van der Waals surface area contributed by atoms with Gasteiger partial charge in [-0.05, 0) is 31.5 Å². The minimum atomic E-state index is -0.376. The second-order valence-corrected chi connectivity index (χ2v) is 4.62. The first kappa shape index (κ1) is 15.4. The monoisotopic (exact) mass is 268 g/mol. The Morgan fingerprint density at radius 1 is 1.42 bits per heavy atom. The molecule has 0 fully saturated rings. The van der Waals surface area contributed by atoms with Crippen molar-refractivity contribution in [3.05, 3.63) is 29.6 Å². The summed E-state index contributed by atoms with van der Waals surface area (Å²) in [5.41, 5.74) is 0.822. The summed E-state index contributed by atoms with van der Waals surface area (Å²) in [5.74, 6) is -0.122. The van der Waals surface area contributed by atoms with E-state index in [0.717, 1.165) is 5.56 Å². The number of halogens is 1. The van der Waals surface area contributed by atoms with Crippen molar-refractivity contribution in [2.75, 3.05) is 13.7 Å². The number of methoxy groups -OCH3 is 1. The van der Waals surface area contributed by atoms with E-state index in [9.17, 15) is 9.18 Å². The second kappa shape index (κ2) is 7.74. The van der Waals surface area contributed by atoms with Gasteiger partial charge in [0.15, 0.2) is 11.6 Å². The minimum Gasteiger partial charge on any atom is -0.494 e. The molecule has 19 heavy (non-hydrogen) atoms. The van der Waals surface area contributed by atoms with Gasteiger partial charge in [0, 0.05) is 25.6 Å². The summed E-state index contributed by atoms with van der Waals surface area (Å²) >= 11 is 0. The highest BCUT2D eigenvalue weighted by molar-refractivity contribution is 5.76. The first-order valence-corrected chi connectivity index (χ1v) is 6.35. The van der Waals surface area contributed by atoms with Crippen molar-refractivity contribution in [2.24, 2.45) is 0 Å². The molecule has 0 aliphatic rings. The number of amides is 1. The molecule has 4 nitrogen and oxygen atoms in total. The van der Waals surface area contributed by atoms with Gasteiger partial charge in [-0.1, -0.05) is 6.07 Å². The number of carbonyl (C=O) groups excluding carboxylic acids is 1. The van der Waals surface area contributed by atoms with Crippen LogP contribution in [0, 0.1) is 5.82 Å². The van der Waals surface area contributed by atoms with Crippen molar-refractivity contribution in [1.29, 1.82) is 0 Å². The SMILES string of the molecule is COc1ccc(CNCCC(=O)NC(C)C)cc1F. The zero-order valence-corrected chi connectivity index (χ0v) is 11.6. The average Bonchev–Trinajstić information content (AvgIpc) is 2.34. The number of benzene rings is 1. The summed E-state index contributed by atoms with van der Waals surface area (Å²) in [4.78, 5) is 11.4. The highest BCUT2D eigenvalue weighted by Crippen LogP contribution is 2.17. The Kier molecular flexibility index (Phi) is 6.29. The van der Waals surface area contributed by atoms with Crippen molar-refractivity contribution in [3.63, 3.8) is 0 Å². The van der Waals surface area contributed by atoms with Gasteiger partial charge < -0.3 is 15.4 Å². The van der Waals surface area contributed by atoms with Gasteiger partial charge in [-0.3, -0.25) is 4.79 Å². The van der Waals surface area contributed by atoms with Crippen molar-refractivity contribution in [2.45, 2.75) is 32.9 Å². The zero-order chi connectivity index (χ0) is 14.3. The molecule has 0 aliphatic carbocycles. The van der Waals surface area contributed by atoms with E-state index < -0.39 is 0 Å². The Morgan fingerprint density at radius 2 is 2.16 bits per heavy atom. The normalized spacial score (nSPS) is 10.6. The quantitative estimate of drug-likeness (QED) is 0.742. The molecule has 0 aromatic heterocycles. The van der Waals surface area contributed by atoms with Crippen LogP contribution >= 0.6 is 0 Å². The smallest absolute Gasteiger partial charge is 0.221 e. The first-order valence-electron chi connectivity index (χ1n) is 6.35. The molecule has 0 saturated carbocycles. The number of rotatable bonds is 7. The van der Waals surface area contributed by atoms with E-state index in [1.165, 1.54) is 13.2 Å². The molecule has 1 aromatic carbocycles. The molecule has 1 amide bonds. The van der Waals surface area contributed by atoms with Crippen LogP contribution in [0.2, 0.25) is 0 Å². The number of nitrogens with one attached hydrogen (secondary N) is 2. The van der Waals surface area contributed by atoms with Crippen LogP contribution in [0.5, 0.6) is 5.75 Å². The summed E-state index contributed by atoms with van der Waals surface area (Å²) in [5, 5.41) is 5.91. The van der Waals surface area contributed by atoms with Crippen LogP contribution in [0.25, 0.3) is 0 Å². The standard InChI is InChI=1S/C14H21FN2O2/c1-10(2)17-14(18)6-7-16-9-11-4-5-13(19-3)12(15)8-11/h4-5,8,10,16H,6-7,9H2,1-3H3,(H,17,18). The lowest BCUT2D eigenvalue weighted by Crippen LogP contribution is -2.32. The van der Waals surface area contributed by atoms with E-state index in [1.54, 1.807) is 12.1 Å². The molecule has 0 radical (unpaired) electrons. The summed E-state index contributed by atoms with van der Waals surface area (Å²) < 4.78 is 18.3. The number of hydrogen-bond acceptors (Lipinski definition) is 3. The predicted molar refractivity (Wildman–Crippen MR) is 72.6 cm³/mol. The van der Waals surface area contributed by atoms with Gasteiger partial charge in [0.1, 0.15) is 0 Å². The van der Waals surface area contributed by atoms with E-state index in [-0.39, 0.29) is 23.5 Å². The summed E-state index contributed by atoms with van der Waals surface area (Å²) in [7, 11) is 1.43. The van der Waals surface area contributed by atoms with Gasteiger partial charge in [0.05, 0.1) is 7.11 Å². The molecule has 0 bridgehead atoms. The van der Waals surface area contributed by atoms with Crippen LogP contribution in [0.4, 0.5) is 4.39 Å². The maximum atomic E-state index is 13.4. The highest BCUT2D eigenvalue weighted by Gasteiger charge is 2.04.